The Hall–Kier alpha value is -2.90. The molecule has 3 aromatic heterocycles. The standard InChI is InChI=1S/C22H24F3N5/c1-2-5-17-10-19(8-9-26-17)30-14-15(12-28-30)21-20(22(23,24)25)11-18(13-27-21)29-16-6-3-4-7-16/h8-14,16,29H,2-7H2,1H3. The van der Waals surface area contributed by atoms with Crippen LogP contribution in [0.3, 0.4) is 0 Å². The quantitative estimate of drug-likeness (QED) is 0.565. The van der Waals surface area contributed by atoms with Crippen LogP contribution in [0.5, 0.6) is 0 Å². The van der Waals surface area contributed by atoms with Gasteiger partial charge in [0, 0.05) is 29.7 Å². The number of hydrogen-bond acceptors (Lipinski definition) is 4. The lowest BCUT2D eigenvalue weighted by Crippen LogP contribution is -2.16. The van der Waals surface area contributed by atoms with E-state index in [-0.39, 0.29) is 11.7 Å². The van der Waals surface area contributed by atoms with Gasteiger partial charge in [-0.25, -0.2) is 4.68 Å². The molecule has 1 aliphatic carbocycles. The minimum absolute atomic E-state index is 0.117. The van der Waals surface area contributed by atoms with E-state index in [1.807, 2.05) is 6.07 Å². The molecule has 1 N–H and O–H groups in total. The van der Waals surface area contributed by atoms with Crippen molar-refractivity contribution in [3.8, 4) is 16.9 Å². The van der Waals surface area contributed by atoms with Crippen molar-refractivity contribution in [1.82, 2.24) is 19.7 Å². The first-order valence-corrected chi connectivity index (χ1v) is 10.3. The average molecular weight is 415 g/mol. The van der Waals surface area contributed by atoms with Crippen LogP contribution in [-0.4, -0.2) is 25.8 Å². The largest absolute Gasteiger partial charge is 0.418 e. The zero-order chi connectivity index (χ0) is 21.1. The fraction of sp³-hybridized carbons (Fsp3) is 0.409. The van der Waals surface area contributed by atoms with E-state index in [4.69, 9.17) is 0 Å². The monoisotopic (exact) mass is 415 g/mol. The summed E-state index contributed by atoms with van der Waals surface area (Å²) in [6, 6.07) is 5.05. The number of pyridine rings is 2. The van der Waals surface area contributed by atoms with Gasteiger partial charge in [-0.05, 0) is 37.5 Å². The number of anilines is 1. The van der Waals surface area contributed by atoms with Crippen LogP contribution in [-0.2, 0) is 12.6 Å². The smallest absolute Gasteiger partial charge is 0.381 e. The van der Waals surface area contributed by atoms with Gasteiger partial charge in [-0.2, -0.15) is 18.3 Å². The molecule has 0 aliphatic heterocycles. The van der Waals surface area contributed by atoms with Crippen LogP contribution in [0.2, 0.25) is 0 Å². The van der Waals surface area contributed by atoms with E-state index in [1.54, 1.807) is 23.1 Å². The Balaban J connectivity index is 1.65. The fourth-order valence-electron chi connectivity index (χ4n) is 3.88. The normalized spacial score (nSPS) is 14.9. The van der Waals surface area contributed by atoms with E-state index in [0.717, 1.165) is 56.0 Å². The number of halogens is 3. The van der Waals surface area contributed by atoms with E-state index in [2.05, 4.69) is 27.3 Å². The van der Waals surface area contributed by atoms with Crippen LogP contribution in [0, 0.1) is 0 Å². The summed E-state index contributed by atoms with van der Waals surface area (Å²) in [7, 11) is 0. The highest BCUT2D eigenvalue weighted by atomic mass is 19.4. The Kier molecular flexibility index (Phi) is 5.74. The van der Waals surface area contributed by atoms with Gasteiger partial charge in [-0.3, -0.25) is 9.97 Å². The molecule has 5 nitrogen and oxygen atoms in total. The third-order valence-corrected chi connectivity index (χ3v) is 5.35. The number of nitrogens with zero attached hydrogens (tertiary/aromatic N) is 4. The minimum Gasteiger partial charge on any atom is -0.381 e. The first kappa shape index (κ1) is 20.4. The molecule has 0 radical (unpaired) electrons. The molecule has 158 valence electrons. The molecular formula is C22H24F3N5. The molecule has 4 rings (SSSR count). The molecule has 0 bridgehead atoms. The SMILES string of the molecule is CCCc1cc(-n2cc(-c3ncc(NC4CCCC4)cc3C(F)(F)F)cn2)ccn1. The van der Waals surface area contributed by atoms with Crippen molar-refractivity contribution in [1.29, 1.82) is 0 Å². The van der Waals surface area contributed by atoms with Gasteiger partial charge in [-0.1, -0.05) is 26.2 Å². The highest BCUT2D eigenvalue weighted by molar-refractivity contribution is 5.66. The molecule has 3 heterocycles. The summed E-state index contributed by atoms with van der Waals surface area (Å²) in [5.41, 5.74) is 1.53. The third kappa shape index (κ3) is 4.47. The van der Waals surface area contributed by atoms with Gasteiger partial charge in [0.05, 0.1) is 35.0 Å². The number of aromatic nitrogens is 4. The van der Waals surface area contributed by atoms with Gasteiger partial charge in [0.2, 0.25) is 0 Å². The van der Waals surface area contributed by atoms with Gasteiger partial charge in [0.25, 0.3) is 0 Å². The van der Waals surface area contributed by atoms with E-state index in [0.29, 0.717) is 11.3 Å². The number of aryl methyl sites for hydroxylation is 1. The molecule has 0 aromatic carbocycles. The lowest BCUT2D eigenvalue weighted by molar-refractivity contribution is -0.137. The van der Waals surface area contributed by atoms with Crippen LogP contribution < -0.4 is 5.32 Å². The molecule has 0 unspecified atom stereocenters. The summed E-state index contributed by atoms with van der Waals surface area (Å²) in [5.74, 6) is 0. The first-order valence-electron chi connectivity index (χ1n) is 10.3. The van der Waals surface area contributed by atoms with Crippen molar-refractivity contribution in [3.05, 3.63) is 54.2 Å². The second-order valence-corrected chi connectivity index (χ2v) is 7.67. The van der Waals surface area contributed by atoms with Gasteiger partial charge in [0.1, 0.15) is 0 Å². The maximum absolute atomic E-state index is 13.8. The molecule has 0 atom stereocenters. The Labute approximate surface area is 173 Å². The summed E-state index contributed by atoms with van der Waals surface area (Å²) in [6.07, 6.45) is 7.59. The van der Waals surface area contributed by atoms with Gasteiger partial charge in [0.15, 0.2) is 0 Å². The number of alkyl halides is 3. The highest BCUT2D eigenvalue weighted by Gasteiger charge is 2.35. The topological polar surface area (TPSA) is 55.6 Å². The molecule has 1 fully saturated rings. The third-order valence-electron chi connectivity index (χ3n) is 5.35. The van der Waals surface area contributed by atoms with E-state index in [9.17, 15) is 13.2 Å². The fourth-order valence-corrected chi connectivity index (χ4v) is 3.88. The summed E-state index contributed by atoms with van der Waals surface area (Å²) in [6.45, 7) is 2.07. The van der Waals surface area contributed by atoms with Crippen molar-refractivity contribution in [2.45, 2.75) is 57.7 Å². The van der Waals surface area contributed by atoms with Crippen LogP contribution in [0.25, 0.3) is 16.9 Å². The molecule has 0 spiro atoms. The van der Waals surface area contributed by atoms with Crippen molar-refractivity contribution in [3.63, 3.8) is 0 Å². The van der Waals surface area contributed by atoms with Crippen molar-refractivity contribution >= 4 is 5.69 Å². The maximum atomic E-state index is 13.8. The summed E-state index contributed by atoms with van der Waals surface area (Å²) < 4.78 is 42.9. The van der Waals surface area contributed by atoms with Gasteiger partial charge >= 0.3 is 6.18 Å². The second kappa shape index (κ2) is 8.45. The average Bonchev–Trinajstić information content (AvgIpc) is 3.40. The molecule has 0 amide bonds. The molecular weight excluding hydrogens is 391 g/mol. The van der Waals surface area contributed by atoms with Crippen LogP contribution in [0.15, 0.2) is 43.0 Å². The minimum atomic E-state index is -4.51. The number of rotatable bonds is 6. The predicted octanol–water partition coefficient (Wildman–Crippen LogP) is 5.66. The van der Waals surface area contributed by atoms with Crippen molar-refractivity contribution in [2.24, 2.45) is 0 Å². The van der Waals surface area contributed by atoms with Crippen LogP contribution >= 0.6 is 0 Å². The van der Waals surface area contributed by atoms with Crippen LogP contribution in [0.1, 0.15) is 50.3 Å². The zero-order valence-corrected chi connectivity index (χ0v) is 16.8. The summed E-state index contributed by atoms with van der Waals surface area (Å²) in [5, 5.41) is 7.45. The molecule has 3 aromatic rings. The summed E-state index contributed by atoms with van der Waals surface area (Å²) in [4.78, 5) is 8.47. The Bertz CT molecular complexity index is 1010. The molecule has 1 aliphatic rings. The lowest BCUT2D eigenvalue weighted by Gasteiger charge is -2.17. The van der Waals surface area contributed by atoms with E-state index < -0.39 is 11.7 Å². The Morgan fingerprint density at radius 1 is 1.13 bits per heavy atom. The van der Waals surface area contributed by atoms with Gasteiger partial charge in [-0.15, -0.1) is 0 Å². The molecule has 1 saturated carbocycles. The second-order valence-electron chi connectivity index (χ2n) is 7.67. The van der Waals surface area contributed by atoms with Crippen molar-refractivity contribution < 1.29 is 13.2 Å². The molecule has 0 saturated heterocycles. The lowest BCUT2D eigenvalue weighted by atomic mass is 10.1. The number of nitrogens with one attached hydrogen (secondary N) is 1. The van der Waals surface area contributed by atoms with Crippen molar-refractivity contribution in [2.75, 3.05) is 5.32 Å². The first-order chi connectivity index (χ1) is 14.4. The zero-order valence-electron chi connectivity index (χ0n) is 16.8. The Morgan fingerprint density at radius 3 is 2.67 bits per heavy atom. The maximum Gasteiger partial charge on any atom is 0.418 e. The van der Waals surface area contributed by atoms with Crippen LogP contribution in [0.4, 0.5) is 18.9 Å². The number of hydrogen-bond donors (Lipinski definition) is 1. The highest BCUT2D eigenvalue weighted by Crippen LogP contribution is 2.38. The van der Waals surface area contributed by atoms with Gasteiger partial charge < -0.3 is 5.32 Å². The molecule has 8 heteroatoms. The Morgan fingerprint density at radius 2 is 1.93 bits per heavy atom. The molecule has 30 heavy (non-hydrogen) atoms. The summed E-state index contributed by atoms with van der Waals surface area (Å²) >= 11 is 0. The van der Waals surface area contributed by atoms with E-state index in [1.165, 1.54) is 12.4 Å². The predicted molar refractivity (Wildman–Crippen MR) is 109 cm³/mol. The van der Waals surface area contributed by atoms with E-state index >= 15 is 0 Å².